The third kappa shape index (κ3) is 4.08. The van der Waals surface area contributed by atoms with Crippen molar-refractivity contribution in [3.63, 3.8) is 0 Å². The maximum absolute atomic E-state index is 11.3. The van der Waals surface area contributed by atoms with E-state index in [4.69, 9.17) is 4.74 Å². The molecule has 2 rings (SSSR count). The first-order chi connectivity index (χ1) is 10.7. The molecule has 0 atom stereocenters. The standard InChI is InChI=1S/C18H24N2O2/c1-3-8-22-9-4-6-20-7-5-16-11-15(10-14(2)21)12-17(13-19)18(16)20/h11-12H,3-10H2,1-2H3. The van der Waals surface area contributed by atoms with Gasteiger partial charge in [-0.1, -0.05) is 13.0 Å². The normalized spacial score (nSPS) is 13.0. The van der Waals surface area contributed by atoms with Gasteiger partial charge in [-0.05, 0) is 43.4 Å². The minimum atomic E-state index is 0.131. The Kier molecular flexibility index (Phi) is 5.97. The number of ketones is 1. The number of anilines is 1. The molecule has 4 heteroatoms. The Hall–Kier alpha value is -1.86. The Morgan fingerprint density at radius 1 is 1.41 bits per heavy atom. The molecule has 22 heavy (non-hydrogen) atoms. The van der Waals surface area contributed by atoms with Crippen LogP contribution in [0.2, 0.25) is 0 Å². The first-order valence-electron chi connectivity index (χ1n) is 8.03. The van der Waals surface area contributed by atoms with Crippen molar-refractivity contribution in [2.45, 2.75) is 39.5 Å². The largest absolute Gasteiger partial charge is 0.381 e. The predicted molar refractivity (Wildman–Crippen MR) is 87.2 cm³/mol. The molecule has 1 aromatic rings. The minimum absolute atomic E-state index is 0.131. The van der Waals surface area contributed by atoms with E-state index >= 15 is 0 Å². The summed E-state index contributed by atoms with van der Waals surface area (Å²) in [5, 5.41) is 9.43. The first kappa shape index (κ1) is 16.5. The van der Waals surface area contributed by atoms with E-state index in [0.717, 1.165) is 56.8 Å². The SMILES string of the molecule is CCCOCCCN1CCc2cc(CC(C)=O)cc(C#N)c21. The van der Waals surface area contributed by atoms with Crippen molar-refractivity contribution in [3.05, 3.63) is 28.8 Å². The average Bonchev–Trinajstić information content (AvgIpc) is 2.88. The Morgan fingerprint density at radius 3 is 2.91 bits per heavy atom. The number of rotatable bonds is 8. The number of Topliss-reactive ketones (excluding diaryl/α,β-unsaturated/α-hetero) is 1. The van der Waals surface area contributed by atoms with Crippen LogP contribution >= 0.6 is 0 Å². The zero-order chi connectivity index (χ0) is 15.9. The molecular weight excluding hydrogens is 276 g/mol. The lowest BCUT2D eigenvalue weighted by Crippen LogP contribution is -2.23. The monoisotopic (exact) mass is 300 g/mol. The van der Waals surface area contributed by atoms with E-state index in [1.165, 1.54) is 5.56 Å². The summed E-state index contributed by atoms with van der Waals surface area (Å²) in [6, 6.07) is 6.25. The second-order valence-corrected chi connectivity index (χ2v) is 5.84. The lowest BCUT2D eigenvalue weighted by Gasteiger charge is -2.20. The molecule has 0 N–H and O–H groups in total. The van der Waals surface area contributed by atoms with Crippen molar-refractivity contribution < 1.29 is 9.53 Å². The number of fused-ring (bicyclic) bond motifs is 1. The minimum Gasteiger partial charge on any atom is -0.381 e. The van der Waals surface area contributed by atoms with Crippen LogP contribution in [0.5, 0.6) is 0 Å². The molecule has 118 valence electrons. The second-order valence-electron chi connectivity index (χ2n) is 5.84. The number of carbonyl (C=O) groups excluding carboxylic acids is 1. The van der Waals surface area contributed by atoms with Gasteiger partial charge in [-0.3, -0.25) is 4.79 Å². The summed E-state index contributed by atoms with van der Waals surface area (Å²) < 4.78 is 5.52. The fourth-order valence-electron chi connectivity index (χ4n) is 2.99. The van der Waals surface area contributed by atoms with Gasteiger partial charge in [0.25, 0.3) is 0 Å². The van der Waals surface area contributed by atoms with E-state index in [-0.39, 0.29) is 5.78 Å². The van der Waals surface area contributed by atoms with Crippen LogP contribution in [0.1, 0.15) is 43.4 Å². The zero-order valence-corrected chi connectivity index (χ0v) is 13.5. The topological polar surface area (TPSA) is 53.3 Å². The lowest BCUT2D eigenvalue weighted by atomic mass is 10.0. The zero-order valence-electron chi connectivity index (χ0n) is 13.5. The molecule has 0 aromatic heterocycles. The fourth-order valence-corrected chi connectivity index (χ4v) is 2.99. The first-order valence-corrected chi connectivity index (χ1v) is 8.03. The summed E-state index contributed by atoms with van der Waals surface area (Å²) in [6.45, 7) is 7.13. The summed E-state index contributed by atoms with van der Waals surface area (Å²) in [4.78, 5) is 13.6. The van der Waals surface area contributed by atoms with Gasteiger partial charge in [-0.2, -0.15) is 5.26 Å². The van der Waals surface area contributed by atoms with Crippen LogP contribution < -0.4 is 4.90 Å². The molecule has 0 saturated heterocycles. The molecule has 0 amide bonds. The number of nitrogens with zero attached hydrogens (tertiary/aromatic N) is 2. The highest BCUT2D eigenvalue weighted by Gasteiger charge is 2.23. The van der Waals surface area contributed by atoms with E-state index in [9.17, 15) is 10.1 Å². The van der Waals surface area contributed by atoms with Crippen LogP contribution in [-0.2, 0) is 22.4 Å². The van der Waals surface area contributed by atoms with Crippen LogP contribution in [0, 0.1) is 11.3 Å². The lowest BCUT2D eigenvalue weighted by molar-refractivity contribution is -0.116. The molecule has 0 spiro atoms. The Balaban J connectivity index is 2.06. The van der Waals surface area contributed by atoms with Gasteiger partial charge in [0.1, 0.15) is 11.9 Å². The molecule has 0 bridgehead atoms. The van der Waals surface area contributed by atoms with Crippen LogP contribution in [0.3, 0.4) is 0 Å². The predicted octanol–water partition coefficient (Wildman–Crippen LogP) is 2.87. The highest BCUT2D eigenvalue weighted by atomic mass is 16.5. The van der Waals surface area contributed by atoms with Gasteiger partial charge in [0.2, 0.25) is 0 Å². The maximum Gasteiger partial charge on any atom is 0.134 e. The number of carbonyl (C=O) groups is 1. The van der Waals surface area contributed by atoms with Crippen molar-refractivity contribution in [1.29, 1.82) is 5.26 Å². The smallest absolute Gasteiger partial charge is 0.134 e. The highest BCUT2D eigenvalue weighted by Crippen LogP contribution is 2.33. The molecule has 0 unspecified atom stereocenters. The van der Waals surface area contributed by atoms with Gasteiger partial charge < -0.3 is 9.64 Å². The molecular formula is C18H24N2O2. The van der Waals surface area contributed by atoms with Gasteiger partial charge in [0, 0.05) is 32.7 Å². The van der Waals surface area contributed by atoms with Crippen LogP contribution in [0.15, 0.2) is 12.1 Å². The Bertz CT molecular complexity index is 575. The number of hydrogen-bond acceptors (Lipinski definition) is 4. The van der Waals surface area contributed by atoms with E-state index in [0.29, 0.717) is 12.0 Å². The van der Waals surface area contributed by atoms with Crippen molar-refractivity contribution in [3.8, 4) is 6.07 Å². The highest BCUT2D eigenvalue weighted by molar-refractivity contribution is 5.79. The number of ether oxygens (including phenoxy) is 1. The molecule has 1 heterocycles. The Morgan fingerprint density at radius 2 is 2.23 bits per heavy atom. The molecule has 4 nitrogen and oxygen atoms in total. The molecule has 1 aromatic carbocycles. The summed E-state index contributed by atoms with van der Waals surface area (Å²) in [5.41, 5.74) is 3.91. The van der Waals surface area contributed by atoms with E-state index in [2.05, 4.69) is 24.0 Å². The third-order valence-electron chi connectivity index (χ3n) is 3.85. The van der Waals surface area contributed by atoms with Crippen LogP contribution in [0.4, 0.5) is 5.69 Å². The van der Waals surface area contributed by atoms with Gasteiger partial charge >= 0.3 is 0 Å². The van der Waals surface area contributed by atoms with E-state index in [1.807, 2.05) is 6.07 Å². The van der Waals surface area contributed by atoms with Gasteiger partial charge in [-0.25, -0.2) is 0 Å². The van der Waals surface area contributed by atoms with Crippen LogP contribution in [0.25, 0.3) is 0 Å². The van der Waals surface area contributed by atoms with Gasteiger partial charge in [0.05, 0.1) is 11.3 Å². The quantitative estimate of drug-likeness (QED) is 0.693. The molecule has 0 fully saturated rings. The summed E-state index contributed by atoms with van der Waals surface area (Å²) in [6.07, 6.45) is 3.38. The molecule has 0 aliphatic carbocycles. The van der Waals surface area contributed by atoms with Crippen molar-refractivity contribution in [2.75, 3.05) is 31.2 Å². The fraction of sp³-hybridized carbons (Fsp3) is 0.556. The molecule has 0 saturated carbocycles. The molecule has 1 aliphatic rings. The van der Waals surface area contributed by atoms with Crippen LogP contribution in [-0.4, -0.2) is 32.1 Å². The summed E-state index contributed by atoms with van der Waals surface area (Å²) in [7, 11) is 0. The Labute approximate surface area is 132 Å². The van der Waals surface area contributed by atoms with E-state index < -0.39 is 0 Å². The maximum atomic E-state index is 11.3. The van der Waals surface area contributed by atoms with Gasteiger partial charge in [-0.15, -0.1) is 0 Å². The average molecular weight is 300 g/mol. The summed E-state index contributed by atoms with van der Waals surface area (Å²) in [5.74, 6) is 0.131. The number of benzene rings is 1. The van der Waals surface area contributed by atoms with Gasteiger partial charge in [0.15, 0.2) is 0 Å². The van der Waals surface area contributed by atoms with Crippen molar-refractivity contribution in [2.24, 2.45) is 0 Å². The third-order valence-corrected chi connectivity index (χ3v) is 3.85. The van der Waals surface area contributed by atoms with E-state index in [1.54, 1.807) is 6.92 Å². The van der Waals surface area contributed by atoms with Crippen molar-refractivity contribution in [1.82, 2.24) is 0 Å². The summed E-state index contributed by atoms with van der Waals surface area (Å²) >= 11 is 0. The second kappa shape index (κ2) is 7.95. The number of hydrogen-bond donors (Lipinski definition) is 0. The van der Waals surface area contributed by atoms with Crippen molar-refractivity contribution >= 4 is 11.5 Å². The molecule has 1 aliphatic heterocycles. The number of nitriles is 1. The molecule has 0 radical (unpaired) electrons.